The Morgan fingerprint density at radius 1 is 1.37 bits per heavy atom. The monoisotopic (exact) mass is 258 g/mol. The maximum absolute atomic E-state index is 11.0. The number of nitro benzene ring substituents is 1. The summed E-state index contributed by atoms with van der Waals surface area (Å²) in [5, 5.41) is 14.4. The quantitative estimate of drug-likeness (QED) is 0.654. The van der Waals surface area contributed by atoms with Gasteiger partial charge in [0.25, 0.3) is 5.69 Å². The molecule has 98 valence electrons. The first-order valence-corrected chi connectivity index (χ1v) is 6.28. The van der Waals surface area contributed by atoms with Gasteiger partial charge in [0, 0.05) is 6.07 Å². The number of imidazole rings is 1. The summed E-state index contributed by atoms with van der Waals surface area (Å²) in [5.41, 5.74) is 1.36. The SMILES string of the molecule is O=[N+]([O-])c1ccccc1-c1cnc(C2CCCN2)[nH]1. The van der Waals surface area contributed by atoms with Crippen molar-refractivity contribution >= 4 is 5.69 Å². The molecule has 0 saturated carbocycles. The Bertz CT molecular complexity index is 602. The van der Waals surface area contributed by atoms with Gasteiger partial charge in [0.05, 0.1) is 28.4 Å². The minimum absolute atomic E-state index is 0.0945. The molecule has 1 aliphatic rings. The van der Waals surface area contributed by atoms with Crippen molar-refractivity contribution in [2.45, 2.75) is 18.9 Å². The fourth-order valence-electron chi connectivity index (χ4n) is 2.43. The van der Waals surface area contributed by atoms with Gasteiger partial charge >= 0.3 is 0 Å². The summed E-state index contributed by atoms with van der Waals surface area (Å²) in [6.07, 6.45) is 3.84. The molecule has 0 spiro atoms. The van der Waals surface area contributed by atoms with Gasteiger partial charge in [-0.05, 0) is 25.5 Å². The predicted molar refractivity (Wildman–Crippen MR) is 70.7 cm³/mol. The Morgan fingerprint density at radius 3 is 2.95 bits per heavy atom. The third kappa shape index (κ3) is 2.22. The van der Waals surface area contributed by atoms with Crippen LogP contribution in [0.25, 0.3) is 11.3 Å². The lowest BCUT2D eigenvalue weighted by atomic mass is 10.1. The molecule has 0 radical (unpaired) electrons. The van der Waals surface area contributed by atoms with E-state index in [2.05, 4.69) is 15.3 Å². The summed E-state index contributed by atoms with van der Waals surface area (Å²) in [6.45, 7) is 0.992. The van der Waals surface area contributed by atoms with Gasteiger partial charge in [-0.15, -0.1) is 0 Å². The van der Waals surface area contributed by atoms with E-state index in [-0.39, 0.29) is 16.7 Å². The van der Waals surface area contributed by atoms with Gasteiger partial charge < -0.3 is 10.3 Å². The van der Waals surface area contributed by atoms with Gasteiger partial charge in [-0.3, -0.25) is 10.1 Å². The molecule has 0 aliphatic carbocycles. The number of nitro groups is 1. The summed E-state index contributed by atoms with van der Waals surface area (Å²) in [5.74, 6) is 0.852. The Hall–Kier alpha value is -2.21. The average Bonchev–Trinajstić information content (AvgIpc) is 3.09. The minimum atomic E-state index is -0.371. The second kappa shape index (κ2) is 4.81. The van der Waals surface area contributed by atoms with E-state index in [1.54, 1.807) is 24.4 Å². The number of benzene rings is 1. The molecule has 6 nitrogen and oxygen atoms in total. The van der Waals surface area contributed by atoms with Gasteiger partial charge in [0.2, 0.25) is 0 Å². The average molecular weight is 258 g/mol. The summed E-state index contributed by atoms with van der Waals surface area (Å²) < 4.78 is 0. The first kappa shape index (κ1) is 11.9. The van der Waals surface area contributed by atoms with Crippen LogP contribution in [0.3, 0.4) is 0 Å². The van der Waals surface area contributed by atoms with Gasteiger partial charge in [-0.2, -0.15) is 0 Å². The fraction of sp³-hybridized carbons (Fsp3) is 0.308. The molecule has 1 unspecified atom stereocenters. The molecular weight excluding hydrogens is 244 g/mol. The maximum atomic E-state index is 11.0. The van der Waals surface area contributed by atoms with Crippen molar-refractivity contribution in [3.8, 4) is 11.3 Å². The third-order valence-corrected chi connectivity index (χ3v) is 3.38. The first-order valence-electron chi connectivity index (χ1n) is 6.28. The van der Waals surface area contributed by atoms with Crippen molar-refractivity contribution < 1.29 is 4.92 Å². The fourth-order valence-corrected chi connectivity index (χ4v) is 2.43. The van der Waals surface area contributed by atoms with Gasteiger partial charge in [0.1, 0.15) is 5.82 Å². The van der Waals surface area contributed by atoms with E-state index < -0.39 is 0 Å². The lowest BCUT2D eigenvalue weighted by molar-refractivity contribution is -0.384. The van der Waals surface area contributed by atoms with Crippen LogP contribution < -0.4 is 5.32 Å². The van der Waals surface area contributed by atoms with Crippen molar-refractivity contribution in [2.75, 3.05) is 6.54 Å². The van der Waals surface area contributed by atoms with E-state index in [1.807, 2.05) is 0 Å². The summed E-state index contributed by atoms with van der Waals surface area (Å²) in [4.78, 5) is 18.2. The lowest BCUT2D eigenvalue weighted by Gasteiger charge is -2.05. The Morgan fingerprint density at radius 2 is 2.21 bits per heavy atom. The molecule has 1 saturated heterocycles. The van der Waals surface area contributed by atoms with E-state index in [1.165, 1.54) is 6.07 Å². The van der Waals surface area contributed by atoms with E-state index in [0.717, 1.165) is 25.2 Å². The van der Waals surface area contributed by atoms with Crippen LogP contribution in [0.5, 0.6) is 0 Å². The largest absolute Gasteiger partial charge is 0.340 e. The van der Waals surface area contributed by atoms with Crippen LogP contribution in [0.15, 0.2) is 30.5 Å². The van der Waals surface area contributed by atoms with Crippen LogP contribution in [0.2, 0.25) is 0 Å². The van der Waals surface area contributed by atoms with E-state index >= 15 is 0 Å². The van der Waals surface area contributed by atoms with E-state index in [9.17, 15) is 10.1 Å². The predicted octanol–water partition coefficient (Wildman–Crippen LogP) is 2.41. The van der Waals surface area contributed by atoms with Gasteiger partial charge in [-0.1, -0.05) is 12.1 Å². The molecule has 2 N–H and O–H groups in total. The molecule has 0 amide bonds. The van der Waals surface area contributed by atoms with Crippen LogP contribution in [0.4, 0.5) is 5.69 Å². The molecule has 0 bridgehead atoms. The number of nitrogens with zero attached hydrogens (tertiary/aromatic N) is 2. The second-order valence-corrected chi connectivity index (χ2v) is 4.61. The van der Waals surface area contributed by atoms with Crippen LogP contribution >= 0.6 is 0 Å². The summed E-state index contributed by atoms with van der Waals surface area (Å²) in [6, 6.07) is 6.92. The molecule has 19 heavy (non-hydrogen) atoms. The maximum Gasteiger partial charge on any atom is 0.278 e. The van der Waals surface area contributed by atoms with Crippen molar-refractivity contribution in [3.05, 3.63) is 46.4 Å². The minimum Gasteiger partial charge on any atom is -0.340 e. The molecule has 3 rings (SSSR count). The number of para-hydroxylation sites is 1. The number of hydrogen-bond acceptors (Lipinski definition) is 4. The number of nitrogens with one attached hydrogen (secondary N) is 2. The standard InChI is InChI=1S/C13H14N4O2/c18-17(19)12-6-2-1-4-9(12)11-8-15-13(16-11)10-5-3-7-14-10/h1-2,4,6,8,10,14H,3,5,7H2,(H,15,16). The van der Waals surface area contributed by atoms with Crippen LogP contribution in [0, 0.1) is 10.1 Å². The molecule has 6 heteroatoms. The van der Waals surface area contributed by atoms with Crippen LogP contribution in [-0.4, -0.2) is 21.4 Å². The normalized spacial score (nSPS) is 18.6. The molecule has 1 aromatic heterocycles. The van der Waals surface area contributed by atoms with Crippen LogP contribution in [-0.2, 0) is 0 Å². The third-order valence-electron chi connectivity index (χ3n) is 3.38. The van der Waals surface area contributed by atoms with Crippen molar-refractivity contribution in [2.24, 2.45) is 0 Å². The smallest absolute Gasteiger partial charge is 0.278 e. The highest BCUT2D eigenvalue weighted by Crippen LogP contribution is 2.29. The number of H-pyrrole nitrogens is 1. The zero-order valence-corrected chi connectivity index (χ0v) is 10.3. The molecule has 1 atom stereocenters. The first-order chi connectivity index (χ1) is 9.25. The zero-order valence-electron chi connectivity index (χ0n) is 10.3. The summed E-state index contributed by atoms with van der Waals surface area (Å²) in [7, 11) is 0. The molecule has 1 aliphatic heterocycles. The number of aromatic nitrogens is 2. The van der Waals surface area contributed by atoms with E-state index in [0.29, 0.717) is 11.3 Å². The highest BCUT2D eigenvalue weighted by molar-refractivity contribution is 5.70. The van der Waals surface area contributed by atoms with Crippen molar-refractivity contribution in [1.29, 1.82) is 0 Å². The molecule has 2 heterocycles. The Labute approximate surface area is 110 Å². The number of hydrogen-bond donors (Lipinski definition) is 2. The van der Waals surface area contributed by atoms with E-state index in [4.69, 9.17) is 0 Å². The van der Waals surface area contributed by atoms with Crippen LogP contribution in [0.1, 0.15) is 24.7 Å². The molecule has 1 aromatic carbocycles. The Kier molecular flexibility index (Phi) is 3.00. The van der Waals surface area contributed by atoms with Gasteiger partial charge in [0.15, 0.2) is 0 Å². The van der Waals surface area contributed by atoms with Crippen molar-refractivity contribution in [1.82, 2.24) is 15.3 Å². The summed E-state index contributed by atoms with van der Waals surface area (Å²) >= 11 is 0. The molecule has 1 fully saturated rings. The highest BCUT2D eigenvalue weighted by atomic mass is 16.6. The lowest BCUT2D eigenvalue weighted by Crippen LogP contribution is -2.14. The molecule has 2 aromatic rings. The van der Waals surface area contributed by atoms with Gasteiger partial charge in [-0.25, -0.2) is 4.98 Å². The zero-order chi connectivity index (χ0) is 13.2. The topological polar surface area (TPSA) is 83.8 Å². The van der Waals surface area contributed by atoms with Crippen molar-refractivity contribution in [3.63, 3.8) is 0 Å². The highest BCUT2D eigenvalue weighted by Gasteiger charge is 2.21. The second-order valence-electron chi connectivity index (χ2n) is 4.61. The number of aromatic amines is 1. The Balaban J connectivity index is 1.96. The molecular formula is C13H14N4O2. The number of rotatable bonds is 3.